The largest absolute Gasteiger partial charge is 0.363 e. The van der Waals surface area contributed by atoms with Crippen LogP contribution in [0.25, 0.3) is 0 Å². The summed E-state index contributed by atoms with van der Waals surface area (Å²) in [6.45, 7) is 5.35. The first-order chi connectivity index (χ1) is 10.4. The summed E-state index contributed by atoms with van der Waals surface area (Å²) in [4.78, 5) is 16.8. The van der Waals surface area contributed by atoms with Gasteiger partial charge in [-0.1, -0.05) is 24.3 Å². The Morgan fingerprint density at radius 2 is 2.05 bits per heavy atom. The molecule has 1 aliphatic heterocycles. The van der Waals surface area contributed by atoms with E-state index in [-0.39, 0.29) is 5.91 Å². The predicted octanol–water partition coefficient (Wildman–Crippen LogP) is 1.09. The van der Waals surface area contributed by atoms with Gasteiger partial charge in [-0.15, -0.1) is 0 Å². The van der Waals surface area contributed by atoms with Gasteiger partial charge in [0.05, 0.1) is 6.61 Å². The molecule has 122 valence electrons. The molecule has 1 N–H and O–H groups in total. The average molecular weight is 305 g/mol. The molecule has 1 heterocycles. The smallest absolute Gasteiger partial charge is 0.253 e. The molecule has 0 unspecified atom stereocenters. The highest BCUT2D eigenvalue weighted by atomic mass is 16.5. The van der Waals surface area contributed by atoms with Crippen LogP contribution in [0, 0.1) is 0 Å². The topological polar surface area (TPSA) is 44.8 Å². The third-order valence-corrected chi connectivity index (χ3v) is 3.99. The second-order valence-corrected chi connectivity index (χ2v) is 6.51. The van der Waals surface area contributed by atoms with Crippen LogP contribution in [0.3, 0.4) is 0 Å². The number of carbonyl (C=O) groups excluding carboxylic acids is 1. The second kappa shape index (κ2) is 7.22. The van der Waals surface area contributed by atoms with Gasteiger partial charge in [0.1, 0.15) is 0 Å². The number of morpholine rings is 1. The summed E-state index contributed by atoms with van der Waals surface area (Å²) in [5, 5.41) is 3.03. The Balaban J connectivity index is 1.99. The van der Waals surface area contributed by atoms with E-state index in [1.165, 1.54) is 5.56 Å². The number of hydrogen-bond donors (Lipinski definition) is 1. The van der Waals surface area contributed by atoms with E-state index in [9.17, 15) is 4.79 Å². The number of carbonyl (C=O) groups is 1. The number of nitrogens with one attached hydrogen (secondary N) is 1. The number of likely N-dealkylation sites (N-methyl/N-ethyl adjacent to an activating group) is 1. The molecule has 5 nitrogen and oxygen atoms in total. The van der Waals surface area contributed by atoms with E-state index < -0.39 is 5.60 Å². The first-order valence-corrected chi connectivity index (χ1v) is 7.73. The van der Waals surface area contributed by atoms with Crippen molar-refractivity contribution >= 4 is 5.91 Å². The average Bonchev–Trinajstić information content (AvgIpc) is 2.45. The van der Waals surface area contributed by atoms with Gasteiger partial charge in [-0.3, -0.25) is 4.79 Å². The molecular formula is C17H27N3O2. The minimum Gasteiger partial charge on any atom is -0.363 e. The van der Waals surface area contributed by atoms with Gasteiger partial charge in [-0.2, -0.15) is 0 Å². The van der Waals surface area contributed by atoms with Gasteiger partial charge in [0.15, 0.2) is 5.60 Å². The lowest BCUT2D eigenvalue weighted by atomic mass is 10.0. The van der Waals surface area contributed by atoms with Gasteiger partial charge in [-0.05, 0) is 39.2 Å². The van der Waals surface area contributed by atoms with Crippen molar-refractivity contribution in [2.75, 3.05) is 40.8 Å². The van der Waals surface area contributed by atoms with E-state index in [0.29, 0.717) is 19.7 Å². The molecule has 1 atom stereocenters. The van der Waals surface area contributed by atoms with Crippen LogP contribution >= 0.6 is 0 Å². The monoisotopic (exact) mass is 305 g/mol. The molecule has 22 heavy (non-hydrogen) atoms. The van der Waals surface area contributed by atoms with Crippen LogP contribution in [-0.4, -0.2) is 62.1 Å². The molecule has 1 fully saturated rings. The highest BCUT2D eigenvalue weighted by Gasteiger charge is 2.37. The fourth-order valence-corrected chi connectivity index (χ4v) is 2.79. The first-order valence-electron chi connectivity index (χ1n) is 7.73. The molecule has 0 bridgehead atoms. The Morgan fingerprint density at radius 3 is 2.68 bits per heavy atom. The molecule has 0 aliphatic carbocycles. The molecule has 1 aromatic rings. The van der Waals surface area contributed by atoms with Crippen LogP contribution in [0.5, 0.6) is 0 Å². The van der Waals surface area contributed by atoms with Crippen molar-refractivity contribution < 1.29 is 9.53 Å². The molecule has 2 rings (SSSR count). The first kappa shape index (κ1) is 16.9. The van der Waals surface area contributed by atoms with Crippen LogP contribution in [0.15, 0.2) is 24.3 Å². The Hall–Kier alpha value is -1.43. The van der Waals surface area contributed by atoms with E-state index in [0.717, 1.165) is 18.7 Å². The minimum atomic E-state index is -0.760. The maximum atomic E-state index is 12.5. The molecule has 1 aliphatic rings. The molecule has 0 spiro atoms. The maximum Gasteiger partial charge on any atom is 0.253 e. The SMILES string of the molecule is CN(C)Cc1ccccc1CNC(=O)[C@]1(C)CN(C)CCO1. The molecule has 1 saturated heterocycles. The number of hydrogen-bond acceptors (Lipinski definition) is 4. The summed E-state index contributed by atoms with van der Waals surface area (Å²) >= 11 is 0. The van der Waals surface area contributed by atoms with Crippen molar-refractivity contribution in [2.45, 2.75) is 25.6 Å². The molecule has 1 aromatic carbocycles. The van der Waals surface area contributed by atoms with E-state index in [1.807, 2.05) is 40.2 Å². The van der Waals surface area contributed by atoms with Crippen molar-refractivity contribution in [3.05, 3.63) is 35.4 Å². The van der Waals surface area contributed by atoms with Gasteiger partial charge in [0.2, 0.25) is 0 Å². The second-order valence-electron chi connectivity index (χ2n) is 6.51. The Labute approximate surface area is 133 Å². The lowest BCUT2D eigenvalue weighted by Crippen LogP contribution is -2.57. The normalized spacial score (nSPS) is 22.8. The lowest BCUT2D eigenvalue weighted by Gasteiger charge is -2.37. The highest BCUT2D eigenvalue weighted by molar-refractivity contribution is 5.85. The van der Waals surface area contributed by atoms with Crippen LogP contribution in [0.4, 0.5) is 0 Å². The minimum absolute atomic E-state index is 0.0429. The summed E-state index contributed by atoms with van der Waals surface area (Å²) in [5.74, 6) is -0.0429. The maximum absolute atomic E-state index is 12.5. The van der Waals surface area contributed by atoms with Crippen molar-refractivity contribution in [1.82, 2.24) is 15.1 Å². The molecule has 5 heteroatoms. The zero-order valence-corrected chi connectivity index (χ0v) is 14.1. The Kier molecular flexibility index (Phi) is 5.56. The van der Waals surface area contributed by atoms with Gasteiger partial charge in [0.25, 0.3) is 5.91 Å². The van der Waals surface area contributed by atoms with Crippen LogP contribution < -0.4 is 5.32 Å². The van der Waals surface area contributed by atoms with E-state index >= 15 is 0 Å². The zero-order valence-electron chi connectivity index (χ0n) is 14.1. The standard InChI is InChI=1S/C17H27N3O2/c1-17(13-20(4)9-10-22-17)16(21)18-11-14-7-5-6-8-15(14)12-19(2)3/h5-8H,9-13H2,1-4H3,(H,18,21)/t17-/m0/s1. The Morgan fingerprint density at radius 1 is 1.36 bits per heavy atom. The molecule has 0 aromatic heterocycles. The Bertz CT molecular complexity index is 518. The number of benzene rings is 1. The fraction of sp³-hybridized carbons (Fsp3) is 0.588. The summed E-state index contributed by atoms with van der Waals surface area (Å²) in [5.41, 5.74) is 1.63. The third-order valence-electron chi connectivity index (χ3n) is 3.99. The van der Waals surface area contributed by atoms with Gasteiger partial charge < -0.3 is 19.9 Å². The summed E-state index contributed by atoms with van der Waals surface area (Å²) in [6, 6.07) is 8.21. The molecular weight excluding hydrogens is 278 g/mol. The van der Waals surface area contributed by atoms with Gasteiger partial charge >= 0.3 is 0 Å². The van der Waals surface area contributed by atoms with Gasteiger partial charge in [-0.25, -0.2) is 0 Å². The summed E-state index contributed by atoms with van der Waals surface area (Å²) < 4.78 is 5.72. The van der Waals surface area contributed by atoms with E-state index in [1.54, 1.807) is 0 Å². The van der Waals surface area contributed by atoms with E-state index in [2.05, 4.69) is 27.2 Å². The lowest BCUT2D eigenvalue weighted by molar-refractivity contribution is -0.155. The van der Waals surface area contributed by atoms with Crippen LogP contribution in [0.2, 0.25) is 0 Å². The van der Waals surface area contributed by atoms with Crippen LogP contribution in [-0.2, 0) is 22.6 Å². The van der Waals surface area contributed by atoms with Crippen molar-refractivity contribution in [2.24, 2.45) is 0 Å². The quantitative estimate of drug-likeness (QED) is 0.884. The highest BCUT2D eigenvalue weighted by Crippen LogP contribution is 2.17. The third kappa shape index (κ3) is 4.29. The van der Waals surface area contributed by atoms with E-state index in [4.69, 9.17) is 4.74 Å². The van der Waals surface area contributed by atoms with Crippen LogP contribution in [0.1, 0.15) is 18.1 Å². The number of nitrogens with zero attached hydrogens (tertiary/aromatic N) is 2. The molecule has 0 saturated carbocycles. The molecule has 0 radical (unpaired) electrons. The number of ether oxygens (including phenoxy) is 1. The van der Waals surface area contributed by atoms with Gasteiger partial charge in [0, 0.05) is 26.2 Å². The number of amides is 1. The molecule has 1 amide bonds. The van der Waals surface area contributed by atoms with Crippen molar-refractivity contribution in [3.8, 4) is 0 Å². The summed E-state index contributed by atoms with van der Waals surface area (Å²) in [7, 11) is 6.10. The zero-order chi connectivity index (χ0) is 16.2. The van der Waals surface area contributed by atoms with Crippen molar-refractivity contribution in [3.63, 3.8) is 0 Å². The number of rotatable bonds is 5. The summed E-state index contributed by atoms with van der Waals surface area (Å²) in [6.07, 6.45) is 0. The fourth-order valence-electron chi connectivity index (χ4n) is 2.79. The van der Waals surface area contributed by atoms with Crippen molar-refractivity contribution in [1.29, 1.82) is 0 Å². The predicted molar refractivity (Wildman–Crippen MR) is 87.5 cm³/mol.